The summed E-state index contributed by atoms with van der Waals surface area (Å²) in [5.41, 5.74) is 5.45. The third-order valence-corrected chi connectivity index (χ3v) is 3.78. The van der Waals surface area contributed by atoms with Crippen molar-refractivity contribution in [3.8, 4) is 0 Å². The molecule has 0 heterocycles. The lowest BCUT2D eigenvalue weighted by Gasteiger charge is -2.28. The molecule has 4 N–H and O–H groups in total. The minimum absolute atomic E-state index is 0.156. The van der Waals surface area contributed by atoms with Crippen LogP contribution in [0.5, 0.6) is 0 Å². The van der Waals surface area contributed by atoms with Crippen molar-refractivity contribution in [2.45, 2.75) is 24.0 Å². The van der Waals surface area contributed by atoms with Gasteiger partial charge in [-0.05, 0) is 44.8 Å². The van der Waals surface area contributed by atoms with E-state index in [1.807, 2.05) is 44.5 Å². The third kappa shape index (κ3) is 3.48. The van der Waals surface area contributed by atoms with Gasteiger partial charge < -0.3 is 15.8 Å². The van der Waals surface area contributed by atoms with Crippen LogP contribution in [-0.4, -0.2) is 25.3 Å². The Labute approximate surface area is 120 Å². The van der Waals surface area contributed by atoms with Gasteiger partial charge in [-0.1, -0.05) is 24.3 Å². The lowest BCUT2D eigenvalue weighted by atomic mass is 9.91. The first-order valence-electron chi connectivity index (χ1n) is 6.86. The standard InChI is InChI=1S/C16H23N3O/c1-18-15(8-4-3-5-9-15)12-13-20-14-6-10-16(17,19-2)11-7-14/h3-8,10,12-13,18-19H,9,11,17H2,1-2H3/b13-12+/t15-,16-/m1/s1. The van der Waals surface area contributed by atoms with E-state index in [-0.39, 0.29) is 5.54 Å². The lowest BCUT2D eigenvalue weighted by Crippen LogP contribution is -2.50. The molecule has 0 aromatic heterocycles. The molecule has 0 saturated carbocycles. The number of nitrogens with two attached hydrogens (primary N) is 1. The van der Waals surface area contributed by atoms with Crippen LogP contribution in [0, 0.1) is 0 Å². The van der Waals surface area contributed by atoms with Gasteiger partial charge in [0.1, 0.15) is 5.76 Å². The van der Waals surface area contributed by atoms with Gasteiger partial charge in [-0.25, -0.2) is 0 Å². The highest BCUT2D eigenvalue weighted by Gasteiger charge is 2.22. The van der Waals surface area contributed by atoms with Crippen molar-refractivity contribution in [3.63, 3.8) is 0 Å². The summed E-state index contributed by atoms with van der Waals surface area (Å²) in [7, 11) is 3.80. The molecule has 0 radical (unpaired) electrons. The molecule has 108 valence electrons. The molecule has 2 rings (SSSR count). The molecule has 0 aliphatic heterocycles. The summed E-state index contributed by atoms with van der Waals surface area (Å²) < 4.78 is 5.66. The summed E-state index contributed by atoms with van der Waals surface area (Å²) in [5.74, 6) is 0.819. The predicted molar refractivity (Wildman–Crippen MR) is 82.7 cm³/mol. The van der Waals surface area contributed by atoms with Gasteiger partial charge in [0.15, 0.2) is 0 Å². The Morgan fingerprint density at radius 1 is 1.20 bits per heavy atom. The quantitative estimate of drug-likeness (QED) is 0.527. The Kier molecular flexibility index (Phi) is 4.60. The third-order valence-electron chi connectivity index (χ3n) is 3.78. The second-order valence-electron chi connectivity index (χ2n) is 5.14. The fourth-order valence-corrected chi connectivity index (χ4v) is 2.17. The molecule has 0 amide bonds. The van der Waals surface area contributed by atoms with Crippen molar-refractivity contribution in [1.82, 2.24) is 10.6 Å². The summed E-state index contributed by atoms with van der Waals surface area (Å²) in [5, 5.41) is 6.37. The van der Waals surface area contributed by atoms with E-state index in [0.717, 1.165) is 12.2 Å². The molecular weight excluding hydrogens is 250 g/mol. The van der Waals surface area contributed by atoms with E-state index in [4.69, 9.17) is 10.5 Å². The van der Waals surface area contributed by atoms with Crippen LogP contribution < -0.4 is 16.4 Å². The van der Waals surface area contributed by atoms with Crippen LogP contribution in [0.3, 0.4) is 0 Å². The second kappa shape index (κ2) is 6.22. The molecule has 2 aliphatic rings. The molecule has 0 bridgehead atoms. The first kappa shape index (κ1) is 14.8. The van der Waals surface area contributed by atoms with E-state index in [0.29, 0.717) is 6.42 Å². The molecule has 4 nitrogen and oxygen atoms in total. The smallest absolute Gasteiger partial charge is 0.122 e. The van der Waals surface area contributed by atoms with E-state index in [9.17, 15) is 0 Å². The Morgan fingerprint density at radius 3 is 2.60 bits per heavy atom. The van der Waals surface area contributed by atoms with Crippen molar-refractivity contribution < 1.29 is 4.74 Å². The van der Waals surface area contributed by atoms with Gasteiger partial charge in [-0.2, -0.15) is 0 Å². The maximum Gasteiger partial charge on any atom is 0.122 e. The molecule has 20 heavy (non-hydrogen) atoms. The zero-order chi connectivity index (χ0) is 14.5. The Hall–Kier alpha value is -1.62. The van der Waals surface area contributed by atoms with Crippen molar-refractivity contribution in [2.24, 2.45) is 5.73 Å². The summed E-state index contributed by atoms with van der Waals surface area (Å²) >= 11 is 0. The molecule has 0 aromatic rings. The van der Waals surface area contributed by atoms with E-state index < -0.39 is 5.66 Å². The van der Waals surface area contributed by atoms with Crippen molar-refractivity contribution in [1.29, 1.82) is 0 Å². The van der Waals surface area contributed by atoms with Crippen LogP contribution in [-0.2, 0) is 4.74 Å². The monoisotopic (exact) mass is 273 g/mol. The maximum absolute atomic E-state index is 6.07. The van der Waals surface area contributed by atoms with Gasteiger partial charge in [0.25, 0.3) is 0 Å². The van der Waals surface area contributed by atoms with Crippen LogP contribution >= 0.6 is 0 Å². The normalized spacial score (nSPS) is 32.6. The second-order valence-corrected chi connectivity index (χ2v) is 5.14. The number of likely N-dealkylation sites (N-methyl/N-ethyl adjacent to an activating group) is 2. The average molecular weight is 273 g/mol. The van der Waals surface area contributed by atoms with Gasteiger partial charge in [-0.3, -0.25) is 5.32 Å². The number of ether oxygens (including phenoxy) is 1. The van der Waals surface area contributed by atoms with E-state index >= 15 is 0 Å². The summed E-state index contributed by atoms with van der Waals surface area (Å²) in [4.78, 5) is 0. The van der Waals surface area contributed by atoms with Gasteiger partial charge >= 0.3 is 0 Å². The first-order chi connectivity index (χ1) is 9.61. The van der Waals surface area contributed by atoms with E-state index in [1.54, 1.807) is 6.26 Å². The molecular formula is C16H23N3O. The summed E-state index contributed by atoms with van der Waals surface area (Å²) in [6.07, 6.45) is 19.6. The number of rotatable bonds is 5. The van der Waals surface area contributed by atoms with Gasteiger partial charge in [-0.15, -0.1) is 0 Å². The SMILES string of the molecule is CN[C@]1(/C=C/OC2=CC[C@](N)(NC)C=C2)C=CC=CC1. The number of hydrogen-bond acceptors (Lipinski definition) is 4. The fraction of sp³-hybridized carbons (Fsp3) is 0.375. The number of hydrogen-bond donors (Lipinski definition) is 3. The van der Waals surface area contributed by atoms with Crippen LogP contribution in [0.2, 0.25) is 0 Å². The van der Waals surface area contributed by atoms with Crippen LogP contribution in [0.25, 0.3) is 0 Å². The van der Waals surface area contributed by atoms with Crippen molar-refractivity contribution >= 4 is 0 Å². The minimum atomic E-state index is -0.459. The average Bonchev–Trinajstić information content (AvgIpc) is 2.50. The van der Waals surface area contributed by atoms with E-state index in [1.165, 1.54) is 0 Å². The minimum Gasteiger partial charge on any atom is -0.466 e. The summed E-state index contributed by atoms with van der Waals surface area (Å²) in [6.45, 7) is 0. The van der Waals surface area contributed by atoms with Gasteiger partial charge in [0.2, 0.25) is 0 Å². The van der Waals surface area contributed by atoms with Crippen molar-refractivity contribution in [3.05, 3.63) is 60.6 Å². The number of nitrogens with one attached hydrogen (secondary N) is 2. The lowest BCUT2D eigenvalue weighted by molar-refractivity contribution is 0.345. The number of allylic oxidation sites excluding steroid dienone is 3. The Balaban J connectivity index is 1.93. The van der Waals surface area contributed by atoms with Crippen molar-refractivity contribution in [2.75, 3.05) is 14.1 Å². The van der Waals surface area contributed by atoms with Gasteiger partial charge in [0, 0.05) is 6.42 Å². The highest BCUT2D eigenvalue weighted by Crippen LogP contribution is 2.20. The Bertz CT molecular complexity index is 490. The summed E-state index contributed by atoms with van der Waals surface area (Å²) in [6, 6.07) is 0. The molecule has 0 aromatic carbocycles. The zero-order valence-electron chi connectivity index (χ0n) is 12.1. The first-order valence-corrected chi connectivity index (χ1v) is 6.86. The molecule has 0 spiro atoms. The zero-order valence-corrected chi connectivity index (χ0v) is 12.1. The highest BCUT2D eigenvalue weighted by atomic mass is 16.5. The van der Waals surface area contributed by atoms with Crippen LogP contribution in [0.4, 0.5) is 0 Å². The molecule has 2 atom stereocenters. The molecule has 4 heteroatoms. The topological polar surface area (TPSA) is 59.3 Å². The molecule has 0 saturated heterocycles. The van der Waals surface area contributed by atoms with Crippen LogP contribution in [0.1, 0.15) is 12.8 Å². The van der Waals surface area contributed by atoms with Crippen LogP contribution in [0.15, 0.2) is 60.6 Å². The maximum atomic E-state index is 6.07. The largest absolute Gasteiger partial charge is 0.466 e. The van der Waals surface area contributed by atoms with E-state index in [2.05, 4.69) is 28.9 Å². The van der Waals surface area contributed by atoms with Gasteiger partial charge in [0.05, 0.1) is 17.5 Å². The molecule has 0 unspecified atom stereocenters. The highest BCUT2D eigenvalue weighted by molar-refractivity contribution is 5.28. The molecule has 2 aliphatic carbocycles. The molecule has 0 fully saturated rings. The predicted octanol–water partition coefficient (Wildman–Crippen LogP) is 1.71. The Morgan fingerprint density at radius 2 is 2.05 bits per heavy atom. The fourth-order valence-electron chi connectivity index (χ4n) is 2.17.